The van der Waals surface area contributed by atoms with Gasteiger partial charge in [0, 0.05) is 12.1 Å². The zero-order valence-electron chi connectivity index (χ0n) is 13.0. The molecule has 0 spiro atoms. The summed E-state index contributed by atoms with van der Waals surface area (Å²) < 4.78 is 5.35. The molecule has 2 N–H and O–H groups in total. The standard InChI is InChI=1S/C17H23ClN2O2/c1-22-11-17(7-9-19-10-8-17)16(21)20-15-6-5-12-13(15)3-2-4-14(12)18/h2-4,15,19H,5-11H2,1H3,(H,20,21). The Hall–Kier alpha value is -1.10. The Labute approximate surface area is 136 Å². The number of ether oxygens (including phenoxy) is 1. The smallest absolute Gasteiger partial charge is 0.229 e. The summed E-state index contributed by atoms with van der Waals surface area (Å²) in [5, 5.41) is 7.38. The van der Waals surface area contributed by atoms with E-state index in [1.165, 1.54) is 11.1 Å². The van der Waals surface area contributed by atoms with Crippen LogP contribution in [0.25, 0.3) is 0 Å². The Morgan fingerprint density at radius 3 is 2.95 bits per heavy atom. The fourth-order valence-electron chi connectivity index (χ4n) is 3.69. The maximum absolute atomic E-state index is 12.9. The van der Waals surface area contributed by atoms with E-state index in [9.17, 15) is 4.79 Å². The SMILES string of the molecule is COCC1(C(=O)NC2CCc3c(Cl)cccc32)CCNCC1. The van der Waals surface area contributed by atoms with E-state index in [0.717, 1.165) is 43.8 Å². The predicted octanol–water partition coefficient (Wildman–Crippen LogP) is 2.46. The molecule has 1 atom stereocenters. The number of amides is 1. The number of fused-ring (bicyclic) bond motifs is 1. The molecule has 3 rings (SSSR count). The molecule has 1 fully saturated rings. The summed E-state index contributed by atoms with van der Waals surface area (Å²) in [6, 6.07) is 6.03. The van der Waals surface area contributed by atoms with Crippen molar-refractivity contribution < 1.29 is 9.53 Å². The molecular weight excluding hydrogens is 300 g/mol. The molecule has 1 aromatic rings. The lowest BCUT2D eigenvalue weighted by molar-refractivity contribution is -0.137. The highest BCUT2D eigenvalue weighted by molar-refractivity contribution is 6.31. The summed E-state index contributed by atoms with van der Waals surface area (Å²) >= 11 is 6.26. The molecule has 1 aromatic carbocycles. The number of benzene rings is 1. The lowest BCUT2D eigenvalue weighted by Crippen LogP contribution is -2.50. The third kappa shape index (κ3) is 2.87. The monoisotopic (exact) mass is 322 g/mol. The summed E-state index contributed by atoms with van der Waals surface area (Å²) in [5.41, 5.74) is 1.95. The van der Waals surface area contributed by atoms with E-state index >= 15 is 0 Å². The van der Waals surface area contributed by atoms with Gasteiger partial charge in [-0.3, -0.25) is 4.79 Å². The number of hydrogen-bond donors (Lipinski definition) is 2. The van der Waals surface area contributed by atoms with Gasteiger partial charge in [0.25, 0.3) is 0 Å². The maximum atomic E-state index is 12.9. The van der Waals surface area contributed by atoms with Crippen LogP contribution in [0.15, 0.2) is 18.2 Å². The first-order valence-corrected chi connectivity index (χ1v) is 8.32. The Kier molecular flexibility index (Phi) is 4.71. The summed E-state index contributed by atoms with van der Waals surface area (Å²) in [4.78, 5) is 12.9. The fourth-order valence-corrected chi connectivity index (χ4v) is 3.97. The fraction of sp³-hybridized carbons (Fsp3) is 0.588. The summed E-state index contributed by atoms with van der Waals surface area (Å²) in [6.07, 6.45) is 3.49. The van der Waals surface area contributed by atoms with Gasteiger partial charge in [-0.25, -0.2) is 0 Å². The van der Waals surface area contributed by atoms with E-state index in [-0.39, 0.29) is 11.9 Å². The first-order valence-electron chi connectivity index (χ1n) is 7.94. The second-order valence-electron chi connectivity index (χ2n) is 6.34. The number of hydrogen-bond acceptors (Lipinski definition) is 3. The number of methoxy groups -OCH3 is 1. The summed E-state index contributed by atoms with van der Waals surface area (Å²) in [6.45, 7) is 2.21. The van der Waals surface area contributed by atoms with Gasteiger partial charge in [-0.2, -0.15) is 0 Å². The summed E-state index contributed by atoms with van der Waals surface area (Å²) in [5.74, 6) is 0.119. The van der Waals surface area contributed by atoms with E-state index in [4.69, 9.17) is 16.3 Å². The normalized spacial score (nSPS) is 23.1. The van der Waals surface area contributed by atoms with Gasteiger partial charge in [0.15, 0.2) is 0 Å². The molecule has 5 heteroatoms. The van der Waals surface area contributed by atoms with Gasteiger partial charge in [0.05, 0.1) is 18.1 Å². The van der Waals surface area contributed by atoms with Gasteiger partial charge in [-0.1, -0.05) is 23.7 Å². The summed E-state index contributed by atoms with van der Waals surface area (Å²) in [7, 11) is 1.67. The zero-order valence-corrected chi connectivity index (χ0v) is 13.7. The first-order chi connectivity index (χ1) is 10.7. The highest BCUT2D eigenvalue weighted by atomic mass is 35.5. The Morgan fingerprint density at radius 2 is 2.23 bits per heavy atom. The number of piperidine rings is 1. The molecule has 1 aliphatic heterocycles. The molecule has 120 valence electrons. The quantitative estimate of drug-likeness (QED) is 0.895. The average molecular weight is 323 g/mol. The van der Waals surface area contributed by atoms with E-state index in [0.29, 0.717) is 6.61 Å². The van der Waals surface area contributed by atoms with Gasteiger partial charge >= 0.3 is 0 Å². The third-order valence-electron chi connectivity index (χ3n) is 4.98. The van der Waals surface area contributed by atoms with Crippen LogP contribution in [-0.2, 0) is 16.0 Å². The van der Waals surface area contributed by atoms with E-state index in [1.807, 2.05) is 12.1 Å². The largest absolute Gasteiger partial charge is 0.384 e. The zero-order chi connectivity index (χ0) is 15.6. The molecular formula is C17H23ClN2O2. The van der Waals surface area contributed by atoms with Crippen molar-refractivity contribution >= 4 is 17.5 Å². The Balaban J connectivity index is 1.76. The molecule has 0 bridgehead atoms. The number of halogens is 1. The van der Waals surface area contributed by atoms with Crippen LogP contribution >= 0.6 is 11.6 Å². The minimum absolute atomic E-state index is 0.0739. The van der Waals surface area contributed by atoms with Gasteiger partial charge < -0.3 is 15.4 Å². The van der Waals surface area contributed by atoms with Crippen LogP contribution in [0.3, 0.4) is 0 Å². The van der Waals surface area contributed by atoms with Crippen LogP contribution in [0.2, 0.25) is 5.02 Å². The van der Waals surface area contributed by atoms with Crippen molar-refractivity contribution in [1.82, 2.24) is 10.6 Å². The van der Waals surface area contributed by atoms with Gasteiger partial charge in [-0.15, -0.1) is 0 Å². The lowest BCUT2D eigenvalue weighted by Gasteiger charge is -2.36. The topological polar surface area (TPSA) is 50.4 Å². The van der Waals surface area contributed by atoms with E-state index in [1.54, 1.807) is 7.11 Å². The van der Waals surface area contributed by atoms with E-state index < -0.39 is 5.41 Å². The van der Waals surface area contributed by atoms with E-state index in [2.05, 4.69) is 16.7 Å². The van der Waals surface area contributed by atoms with Crippen LogP contribution in [0.4, 0.5) is 0 Å². The molecule has 0 saturated carbocycles. The van der Waals surface area contributed by atoms with Gasteiger partial charge in [0.1, 0.15) is 0 Å². The van der Waals surface area contributed by atoms with Crippen LogP contribution in [0.1, 0.15) is 36.4 Å². The number of nitrogens with one attached hydrogen (secondary N) is 2. The van der Waals surface area contributed by atoms with Crippen molar-refractivity contribution in [3.63, 3.8) is 0 Å². The van der Waals surface area contributed by atoms with Gasteiger partial charge in [0.2, 0.25) is 5.91 Å². The molecule has 1 saturated heterocycles. The van der Waals surface area contributed by atoms with Crippen molar-refractivity contribution in [2.45, 2.75) is 31.7 Å². The van der Waals surface area contributed by atoms with Crippen molar-refractivity contribution in [2.75, 3.05) is 26.8 Å². The Bertz CT molecular complexity index is 550. The highest BCUT2D eigenvalue weighted by Gasteiger charge is 2.41. The molecule has 4 nitrogen and oxygen atoms in total. The number of carbonyl (C=O) groups is 1. The number of carbonyl (C=O) groups excluding carboxylic acids is 1. The molecule has 1 heterocycles. The first kappa shape index (κ1) is 15.8. The molecule has 2 aliphatic rings. The van der Waals surface area contributed by atoms with Gasteiger partial charge in [-0.05, 0) is 56.0 Å². The average Bonchev–Trinajstić information content (AvgIpc) is 2.93. The molecule has 1 aliphatic carbocycles. The van der Waals surface area contributed by atoms with Crippen molar-refractivity contribution in [3.05, 3.63) is 34.3 Å². The molecule has 1 unspecified atom stereocenters. The second-order valence-corrected chi connectivity index (χ2v) is 6.74. The predicted molar refractivity (Wildman–Crippen MR) is 87.1 cm³/mol. The molecule has 22 heavy (non-hydrogen) atoms. The third-order valence-corrected chi connectivity index (χ3v) is 5.34. The van der Waals surface area contributed by atoms with Crippen molar-refractivity contribution in [2.24, 2.45) is 5.41 Å². The minimum Gasteiger partial charge on any atom is -0.384 e. The molecule has 0 radical (unpaired) electrons. The molecule has 1 amide bonds. The van der Waals surface area contributed by atoms with Crippen LogP contribution in [0, 0.1) is 5.41 Å². The minimum atomic E-state index is -0.401. The second kappa shape index (κ2) is 6.57. The molecule has 0 aromatic heterocycles. The lowest BCUT2D eigenvalue weighted by atomic mass is 9.78. The van der Waals surface area contributed by atoms with Crippen LogP contribution in [-0.4, -0.2) is 32.7 Å². The van der Waals surface area contributed by atoms with Crippen LogP contribution in [0.5, 0.6) is 0 Å². The maximum Gasteiger partial charge on any atom is 0.229 e. The Morgan fingerprint density at radius 1 is 1.45 bits per heavy atom. The van der Waals surface area contributed by atoms with Crippen LogP contribution < -0.4 is 10.6 Å². The van der Waals surface area contributed by atoms with Crippen molar-refractivity contribution in [3.8, 4) is 0 Å². The number of rotatable bonds is 4. The van der Waals surface area contributed by atoms with Crippen molar-refractivity contribution in [1.29, 1.82) is 0 Å². The highest BCUT2D eigenvalue weighted by Crippen LogP contribution is 2.37.